The van der Waals surface area contributed by atoms with Gasteiger partial charge in [0.25, 0.3) is 5.56 Å². The summed E-state index contributed by atoms with van der Waals surface area (Å²) in [5.74, 6) is 0.985. The van der Waals surface area contributed by atoms with Crippen molar-refractivity contribution < 1.29 is 0 Å². The number of nitrogens with zero attached hydrogens (tertiary/aromatic N) is 7. The van der Waals surface area contributed by atoms with Crippen LogP contribution in [-0.4, -0.2) is 66.9 Å². The van der Waals surface area contributed by atoms with E-state index >= 15 is 0 Å². The van der Waals surface area contributed by atoms with Crippen molar-refractivity contribution in [1.82, 2.24) is 34.2 Å². The molecule has 8 nitrogen and oxygen atoms in total. The second-order valence-corrected chi connectivity index (χ2v) is 8.05. The quantitative estimate of drug-likeness (QED) is 0.644. The zero-order valence-electron chi connectivity index (χ0n) is 16.7. The van der Waals surface area contributed by atoms with Crippen molar-refractivity contribution in [2.45, 2.75) is 38.8 Å². The molecule has 2 aliphatic rings. The van der Waals surface area contributed by atoms with Crippen LogP contribution in [-0.2, 0) is 25.9 Å². The molecule has 0 atom stereocenters. The van der Waals surface area contributed by atoms with Gasteiger partial charge in [-0.05, 0) is 43.4 Å². The summed E-state index contributed by atoms with van der Waals surface area (Å²) in [6, 6.07) is 7.78. The van der Waals surface area contributed by atoms with Crippen LogP contribution in [0.4, 0.5) is 0 Å². The predicted molar refractivity (Wildman–Crippen MR) is 110 cm³/mol. The Bertz CT molecular complexity index is 1050. The molecule has 3 aromatic heterocycles. The lowest BCUT2D eigenvalue weighted by molar-refractivity contribution is 0.120. The summed E-state index contributed by atoms with van der Waals surface area (Å²) in [7, 11) is 0. The monoisotopic (exact) mass is 393 g/mol. The number of fused-ring (bicyclic) bond motifs is 2. The van der Waals surface area contributed by atoms with Gasteiger partial charge in [-0.1, -0.05) is 6.07 Å². The average molecular weight is 393 g/mol. The molecule has 4 heterocycles. The number of aromatic nitrogens is 5. The van der Waals surface area contributed by atoms with Gasteiger partial charge in [0, 0.05) is 45.0 Å². The highest BCUT2D eigenvalue weighted by molar-refractivity contribution is 5.36. The van der Waals surface area contributed by atoms with Crippen LogP contribution in [0, 0.1) is 0 Å². The van der Waals surface area contributed by atoms with Crippen LogP contribution in [0.5, 0.6) is 0 Å². The van der Waals surface area contributed by atoms with E-state index in [1.165, 1.54) is 12.8 Å². The standard InChI is InChI=1S/C21H27N7O/c29-21-15-17-5-1-2-6-18(17)24-28(21)14-13-25-9-11-26(12-10-25)16-20-23-22-19-7-3-4-8-27(19)20/h3-4,7-8,15H,1-2,5-6,9-14,16H2. The van der Waals surface area contributed by atoms with Crippen LogP contribution >= 0.6 is 0 Å². The zero-order chi connectivity index (χ0) is 19.6. The molecule has 1 aliphatic heterocycles. The van der Waals surface area contributed by atoms with Crippen molar-refractivity contribution in [3.05, 3.63) is 57.9 Å². The van der Waals surface area contributed by atoms with Crippen LogP contribution in [0.3, 0.4) is 0 Å². The minimum absolute atomic E-state index is 0.0444. The fraction of sp³-hybridized carbons (Fsp3) is 0.524. The third-order valence-electron chi connectivity index (χ3n) is 6.12. The molecule has 1 fully saturated rings. The first-order valence-electron chi connectivity index (χ1n) is 10.6. The fourth-order valence-electron chi connectivity index (χ4n) is 4.37. The lowest BCUT2D eigenvalue weighted by Crippen LogP contribution is -2.47. The topological polar surface area (TPSA) is 71.6 Å². The van der Waals surface area contributed by atoms with Crippen LogP contribution in [0.15, 0.2) is 35.3 Å². The van der Waals surface area contributed by atoms with Crippen molar-refractivity contribution in [3.63, 3.8) is 0 Å². The van der Waals surface area contributed by atoms with Gasteiger partial charge in [-0.25, -0.2) is 4.68 Å². The minimum Gasteiger partial charge on any atom is -0.299 e. The van der Waals surface area contributed by atoms with Crippen LogP contribution < -0.4 is 5.56 Å². The highest BCUT2D eigenvalue weighted by Gasteiger charge is 2.19. The predicted octanol–water partition coefficient (Wildman–Crippen LogP) is 0.983. The Morgan fingerprint density at radius 3 is 2.66 bits per heavy atom. The van der Waals surface area contributed by atoms with Gasteiger partial charge in [0.1, 0.15) is 0 Å². The summed E-state index contributed by atoms with van der Waals surface area (Å²) in [5, 5.41) is 13.2. The normalized spacial score (nSPS) is 18.2. The van der Waals surface area contributed by atoms with E-state index in [1.807, 2.05) is 30.5 Å². The number of pyridine rings is 1. The summed E-state index contributed by atoms with van der Waals surface area (Å²) in [6.45, 7) is 6.33. The van der Waals surface area contributed by atoms with Gasteiger partial charge < -0.3 is 0 Å². The Kier molecular flexibility index (Phi) is 5.12. The molecule has 0 spiro atoms. The number of piperazine rings is 1. The molecule has 1 aliphatic carbocycles. The average Bonchev–Trinajstić information content (AvgIpc) is 3.16. The molecule has 0 N–H and O–H groups in total. The molecule has 3 aromatic rings. The lowest BCUT2D eigenvalue weighted by atomic mass is 9.97. The Balaban J connectivity index is 1.15. The van der Waals surface area contributed by atoms with Gasteiger partial charge in [0.15, 0.2) is 11.5 Å². The number of hydrogen-bond acceptors (Lipinski definition) is 6. The third kappa shape index (κ3) is 3.95. The van der Waals surface area contributed by atoms with E-state index in [-0.39, 0.29) is 5.56 Å². The van der Waals surface area contributed by atoms with Gasteiger partial charge in [-0.2, -0.15) is 5.10 Å². The summed E-state index contributed by atoms with van der Waals surface area (Å²) in [6.07, 6.45) is 6.38. The molecule has 0 amide bonds. The Hall–Kier alpha value is -2.58. The molecule has 0 bridgehead atoms. The Morgan fingerprint density at radius 1 is 0.931 bits per heavy atom. The SMILES string of the molecule is O=c1cc2c(nn1CCN1CCN(Cc3nnc4ccccn34)CC1)CCCC2. The van der Waals surface area contributed by atoms with E-state index in [0.29, 0.717) is 6.54 Å². The lowest BCUT2D eigenvalue weighted by Gasteiger charge is -2.34. The third-order valence-corrected chi connectivity index (χ3v) is 6.12. The van der Waals surface area contributed by atoms with Crippen molar-refractivity contribution in [2.75, 3.05) is 32.7 Å². The van der Waals surface area contributed by atoms with E-state index in [2.05, 4.69) is 29.5 Å². The highest BCUT2D eigenvalue weighted by atomic mass is 16.1. The van der Waals surface area contributed by atoms with Crippen molar-refractivity contribution >= 4 is 5.65 Å². The van der Waals surface area contributed by atoms with Gasteiger partial charge in [-0.3, -0.25) is 19.0 Å². The van der Waals surface area contributed by atoms with Gasteiger partial charge in [0.05, 0.1) is 18.8 Å². The van der Waals surface area contributed by atoms with Gasteiger partial charge >= 0.3 is 0 Å². The molecule has 0 aromatic carbocycles. The summed E-state index contributed by atoms with van der Waals surface area (Å²) < 4.78 is 3.72. The number of aryl methyl sites for hydroxylation is 2. The van der Waals surface area contributed by atoms with Crippen LogP contribution in [0.1, 0.15) is 29.9 Å². The van der Waals surface area contributed by atoms with E-state index in [9.17, 15) is 4.79 Å². The molecule has 5 rings (SSSR count). The van der Waals surface area contributed by atoms with E-state index in [4.69, 9.17) is 0 Å². The van der Waals surface area contributed by atoms with Gasteiger partial charge in [0.2, 0.25) is 0 Å². The summed E-state index contributed by atoms with van der Waals surface area (Å²) in [5.41, 5.74) is 3.22. The molecule has 0 radical (unpaired) electrons. The number of hydrogen-bond donors (Lipinski definition) is 0. The molecule has 0 saturated carbocycles. The maximum Gasteiger partial charge on any atom is 0.267 e. The fourth-order valence-corrected chi connectivity index (χ4v) is 4.37. The van der Waals surface area contributed by atoms with Crippen molar-refractivity contribution in [1.29, 1.82) is 0 Å². The molecular formula is C21H27N7O. The Labute approximate surface area is 169 Å². The molecule has 152 valence electrons. The zero-order valence-corrected chi connectivity index (χ0v) is 16.7. The van der Waals surface area contributed by atoms with Crippen molar-refractivity contribution in [3.8, 4) is 0 Å². The summed E-state index contributed by atoms with van der Waals surface area (Å²) in [4.78, 5) is 17.2. The first kappa shape index (κ1) is 18.4. The van der Waals surface area contributed by atoms with Crippen LogP contribution in [0.25, 0.3) is 5.65 Å². The highest BCUT2D eigenvalue weighted by Crippen LogP contribution is 2.17. The van der Waals surface area contributed by atoms with E-state index < -0.39 is 0 Å². The summed E-state index contributed by atoms with van der Waals surface area (Å²) >= 11 is 0. The van der Waals surface area contributed by atoms with Crippen LogP contribution in [0.2, 0.25) is 0 Å². The smallest absolute Gasteiger partial charge is 0.267 e. The first-order valence-corrected chi connectivity index (χ1v) is 10.6. The van der Waals surface area contributed by atoms with E-state index in [1.54, 1.807) is 4.68 Å². The van der Waals surface area contributed by atoms with Gasteiger partial charge in [-0.15, -0.1) is 10.2 Å². The maximum absolute atomic E-state index is 12.4. The Morgan fingerprint density at radius 2 is 1.76 bits per heavy atom. The number of rotatable bonds is 5. The largest absolute Gasteiger partial charge is 0.299 e. The molecule has 0 unspecified atom stereocenters. The molecular weight excluding hydrogens is 366 g/mol. The van der Waals surface area contributed by atoms with E-state index in [0.717, 1.165) is 74.8 Å². The minimum atomic E-state index is 0.0444. The first-order chi connectivity index (χ1) is 14.3. The maximum atomic E-state index is 12.4. The molecule has 1 saturated heterocycles. The molecule has 8 heteroatoms. The van der Waals surface area contributed by atoms with Crippen molar-refractivity contribution in [2.24, 2.45) is 0 Å². The molecule has 29 heavy (non-hydrogen) atoms. The second kappa shape index (κ2) is 8.04. The second-order valence-electron chi connectivity index (χ2n) is 8.05.